The van der Waals surface area contributed by atoms with Crippen LogP contribution in [0.1, 0.15) is 48.3 Å². The Morgan fingerprint density at radius 2 is 1.63 bits per heavy atom. The molecule has 1 unspecified atom stereocenters. The highest BCUT2D eigenvalue weighted by Gasteiger charge is 2.15. The Labute approximate surface area is 157 Å². The lowest BCUT2D eigenvalue weighted by Gasteiger charge is -2.15. The fraction of sp³-hybridized carbons (Fsp3) is 0.300. The number of amides is 3. The van der Waals surface area contributed by atoms with E-state index in [1.165, 1.54) is 0 Å². The van der Waals surface area contributed by atoms with Gasteiger partial charge in [-0.2, -0.15) is 0 Å². The molecule has 0 aliphatic carbocycles. The Hall–Kier alpha value is -2.96. The lowest BCUT2D eigenvalue weighted by molar-refractivity contribution is 0.0939. The minimum absolute atomic E-state index is 0.0426. The molecule has 0 heterocycles. The van der Waals surface area contributed by atoms with Gasteiger partial charge in [0.1, 0.15) is 11.6 Å². The fourth-order valence-electron chi connectivity index (χ4n) is 2.47. The largest absolute Gasteiger partial charge is 0.345 e. The second-order valence-corrected chi connectivity index (χ2v) is 6.54. The first kappa shape index (κ1) is 20.4. The molecule has 0 bridgehead atoms. The maximum absolute atomic E-state index is 13.8. The van der Waals surface area contributed by atoms with Gasteiger partial charge in [-0.3, -0.25) is 4.79 Å². The number of hydrogen-bond acceptors (Lipinski definition) is 2. The van der Waals surface area contributed by atoms with Gasteiger partial charge in [0.2, 0.25) is 0 Å². The van der Waals surface area contributed by atoms with Crippen molar-refractivity contribution in [3.05, 3.63) is 70.8 Å². The van der Waals surface area contributed by atoms with Gasteiger partial charge in [0.05, 0.1) is 6.04 Å². The van der Waals surface area contributed by atoms with E-state index in [1.54, 1.807) is 31.2 Å². The highest BCUT2D eigenvalue weighted by atomic mass is 19.1. The number of halogens is 2. The molecule has 1 atom stereocenters. The zero-order valence-electron chi connectivity index (χ0n) is 15.5. The van der Waals surface area contributed by atoms with Crippen molar-refractivity contribution in [1.29, 1.82) is 0 Å². The zero-order chi connectivity index (χ0) is 20.0. The van der Waals surface area contributed by atoms with Crippen LogP contribution in [0.25, 0.3) is 0 Å². The Bertz CT molecular complexity index is 807. The van der Waals surface area contributed by atoms with Crippen LogP contribution in [0.5, 0.6) is 0 Å². The maximum Gasteiger partial charge on any atom is 0.315 e. The third-order valence-corrected chi connectivity index (χ3v) is 3.86. The van der Waals surface area contributed by atoms with Crippen molar-refractivity contribution in [2.45, 2.75) is 39.4 Å². The molecule has 0 aliphatic heterocycles. The molecule has 0 radical (unpaired) electrons. The van der Waals surface area contributed by atoms with Crippen molar-refractivity contribution in [3.8, 4) is 0 Å². The predicted molar refractivity (Wildman–Crippen MR) is 99.2 cm³/mol. The lowest BCUT2D eigenvalue weighted by atomic mass is 10.1. The molecule has 0 aliphatic rings. The molecular weight excluding hydrogens is 352 g/mol. The van der Waals surface area contributed by atoms with Gasteiger partial charge < -0.3 is 16.0 Å². The van der Waals surface area contributed by atoms with Gasteiger partial charge >= 0.3 is 6.03 Å². The first-order valence-electron chi connectivity index (χ1n) is 8.65. The van der Waals surface area contributed by atoms with Crippen molar-refractivity contribution in [2.75, 3.05) is 0 Å². The van der Waals surface area contributed by atoms with E-state index in [0.29, 0.717) is 12.1 Å². The number of carbonyl (C=O) groups excluding carboxylic acids is 2. The molecule has 3 N–H and O–H groups in total. The molecule has 144 valence electrons. The van der Waals surface area contributed by atoms with E-state index in [1.807, 2.05) is 13.8 Å². The molecule has 0 saturated carbocycles. The summed E-state index contributed by atoms with van der Waals surface area (Å²) in [4.78, 5) is 23.9. The average Bonchev–Trinajstić information content (AvgIpc) is 2.61. The third-order valence-electron chi connectivity index (χ3n) is 3.86. The summed E-state index contributed by atoms with van der Waals surface area (Å²) in [6, 6.07) is 8.88. The summed E-state index contributed by atoms with van der Waals surface area (Å²) in [7, 11) is 0. The number of nitrogens with one attached hydrogen (secondary N) is 3. The number of urea groups is 1. The molecule has 0 aromatic heterocycles. The molecule has 0 saturated heterocycles. The number of rotatable bonds is 6. The smallest absolute Gasteiger partial charge is 0.315 e. The van der Waals surface area contributed by atoms with Gasteiger partial charge in [0, 0.05) is 23.7 Å². The summed E-state index contributed by atoms with van der Waals surface area (Å²) in [5.41, 5.74) is 1.30. The molecular formula is C20H23F2N3O2. The van der Waals surface area contributed by atoms with Gasteiger partial charge in [-0.25, -0.2) is 13.6 Å². The van der Waals surface area contributed by atoms with E-state index in [-0.39, 0.29) is 17.6 Å². The zero-order valence-corrected chi connectivity index (χ0v) is 15.5. The minimum atomic E-state index is -0.686. The second kappa shape index (κ2) is 9.12. The fourth-order valence-corrected chi connectivity index (χ4v) is 2.47. The van der Waals surface area contributed by atoms with Crippen molar-refractivity contribution in [2.24, 2.45) is 0 Å². The van der Waals surface area contributed by atoms with Gasteiger partial charge in [-0.1, -0.05) is 12.1 Å². The van der Waals surface area contributed by atoms with Crippen LogP contribution in [0.3, 0.4) is 0 Å². The summed E-state index contributed by atoms with van der Waals surface area (Å²) in [6.45, 7) is 5.64. The summed E-state index contributed by atoms with van der Waals surface area (Å²) >= 11 is 0. The molecule has 0 spiro atoms. The Morgan fingerprint density at radius 3 is 2.26 bits per heavy atom. The van der Waals surface area contributed by atoms with E-state index in [2.05, 4.69) is 16.0 Å². The SMILES string of the molecule is CC(C)NC(=O)NCc1ccc(C(=O)NC(C)c2cc(F)ccc2F)cc1. The first-order valence-corrected chi connectivity index (χ1v) is 8.65. The monoisotopic (exact) mass is 375 g/mol. The Balaban J connectivity index is 1.95. The molecule has 2 aromatic carbocycles. The number of hydrogen-bond donors (Lipinski definition) is 3. The lowest BCUT2D eigenvalue weighted by Crippen LogP contribution is -2.39. The van der Waals surface area contributed by atoms with Crippen molar-refractivity contribution in [1.82, 2.24) is 16.0 Å². The number of benzene rings is 2. The normalized spacial score (nSPS) is 11.8. The van der Waals surface area contributed by atoms with Crippen molar-refractivity contribution in [3.63, 3.8) is 0 Å². The number of carbonyl (C=O) groups is 2. The first-order chi connectivity index (χ1) is 12.8. The molecule has 0 fully saturated rings. The van der Waals surface area contributed by atoms with E-state index < -0.39 is 23.6 Å². The summed E-state index contributed by atoms with van der Waals surface area (Å²) in [5, 5.41) is 8.08. The standard InChI is InChI=1S/C20H23F2N3O2/c1-12(2)24-20(27)23-11-14-4-6-15(7-5-14)19(26)25-13(3)17-10-16(21)8-9-18(17)22/h4-10,12-13H,11H2,1-3H3,(H,25,26)(H2,23,24,27). The van der Waals surface area contributed by atoms with Gasteiger partial charge in [-0.05, 0) is 56.7 Å². The third kappa shape index (κ3) is 6.06. The predicted octanol–water partition coefficient (Wildman–Crippen LogP) is 3.66. The highest BCUT2D eigenvalue weighted by Crippen LogP contribution is 2.18. The van der Waals surface area contributed by atoms with Crippen LogP contribution in [0.15, 0.2) is 42.5 Å². The maximum atomic E-state index is 13.8. The average molecular weight is 375 g/mol. The highest BCUT2D eigenvalue weighted by molar-refractivity contribution is 5.94. The second-order valence-electron chi connectivity index (χ2n) is 6.54. The molecule has 2 aromatic rings. The molecule has 2 rings (SSSR count). The summed E-state index contributed by atoms with van der Waals surface area (Å²) < 4.78 is 27.1. The summed E-state index contributed by atoms with van der Waals surface area (Å²) in [5.74, 6) is -1.54. The van der Waals surface area contributed by atoms with Crippen LogP contribution in [-0.4, -0.2) is 18.0 Å². The Morgan fingerprint density at radius 1 is 0.963 bits per heavy atom. The topological polar surface area (TPSA) is 70.2 Å². The molecule has 7 heteroatoms. The van der Waals surface area contributed by atoms with E-state index >= 15 is 0 Å². The summed E-state index contributed by atoms with van der Waals surface area (Å²) in [6.07, 6.45) is 0. The van der Waals surface area contributed by atoms with Crippen LogP contribution in [-0.2, 0) is 6.54 Å². The van der Waals surface area contributed by atoms with Crippen LogP contribution in [0, 0.1) is 11.6 Å². The van der Waals surface area contributed by atoms with Crippen LogP contribution >= 0.6 is 0 Å². The van der Waals surface area contributed by atoms with Crippen LogP contribution in [0.4, 0.5) is 13.6 Å². The van der Waals surface area contributed by atoms with Crippen molar-refractivity contribution < 1.29 is 18.4 Å². The molecule has 3 amide bonds. The quantitative estimate of drug-likeness (QED) is 0.721. The van der Waals surface area contributed by atoms with E-state index in [0.717, 1.165) is 23.8 Å². The minimum Gasteiger partial charge on any atom is -0.345 e. The van der Waals surface area contributed by atoms with Crippen molar-refractivity contribution >= 4 is 11.9 Å². The van der Waals surface area contributed by atoms with E-state index in [4.69, 9.17) is 0 Å². The van der Waals surface area contributed by atoms with Gasteiger partial charge in [0.25, 0.3) is 5.91 Å². The van der Waals surface area contributed by atoms with Gasteiger partial charge in [0.15, 0.2) is 0 Å². The van der Waals surface area contributed by atoms with Crippen LogP contribution < -0.4 is 16.0 Å². The van der Waals surface area contributed by atoms with E-state index in [9.17, 15) is 18.4 Å². The molecule has 5 nitrogen and oxygen atoms in total. The van der Waals surface area contributed by atoms with Gasteiger partial charge in [-0.15, -0.1) is 0 Å². The molecule has 27 heavy (non-hydrogen) atoms. The Kier molecular flexibility index (Phi) is 6.87. The van der Waals surface area contributed by atoms with Crippen LogP contribution in [0.2, 0.25) is 0 Å².